The third kappa shape index (κ3) is 2.75. The molecule has 0 spiro atoms. The van der Waals surface area contributed by atoms with Crippen LogP contribution in [0.1, 0.15) is 12.0 Å². The molecule has 124 valence electrons. The maximum atomic E-state index is 11.2. The number of rotatable bonds is 4. The van der Waals surface area contributed by atoms with Crippen molar-refractivity contribution in [3.63, 3.8) is 0 Å². The van der Waals surface area contributed by atoms with E-state index in [2.05, 4.69) is 9.88 Å². The van der Waals surface area contributed by atoms with Gasteiger partial charge in [0, 0.05) is 25.2 Å². The van der Waals surface area contributed by atoms with Gasteiger partial charge in [-0.25, -0.2) is 4.79 Å². The first kappa shape index (κ1) is 14.8. The standard InChI is InChI=1S/C18H19N3O3/c22-18(23)21-11-15-6-16(21)10-20(15)14-7-17(9-19-8-14)24-12-13-4-2-1-3-5-13/h1-5,7-9,15-16H,6,10-12H2,(H,22,23)/t15-,16-/m0/s1. The summed E-state index contributed by atoms with van der Waals surface area (Å²) in [6, 6.07) is 12.3. The van der Waals surface area contributed by atoms with Gasteiger partial charge in [0.25, 0.3) is 0 Å². The molecule has 0 saturated carbocycles. The Bertz CT molecular complexity index is 737. The molecule has 0 unspecified atom stereocenters. The summed E-state index contributed by atoms with van der Waals surface area (Å²) in [5.74, 6) is 0.731. The summed E-state index contributed by atoms with van der Waals surface area (Å²) >= 11 is 0. The Morgan fingerprint density at radius 3 is 2.75 bits per heavy atom. The summed E-state index contributed by atoms with van der Waals surface area (Å²) in [7, 11) is 0. The zero-order chi connectivity index (χ0) is 16.5. The highest BCUT2D eigenvalue weighted by Gasteiger charge is 2.45. The number of pyridine rings is 1. The van der Waals surface area contributed by atoms with Gasteiger partial charge in [-0.2, -0.15) is 0 Å². The van der Waals surface area contributed by atoms with E-state index >= 15 is 0 Å². The summed E-state index contributed by atoms with van der Waals surface area (Å²) in [5, 5.41) is 9.19. The topological polar surface area (TPSA) is 65.9 Å². The van der Waals surface area contributed by atoms with Crippen LogP contribution in [0.2, 0.25) is 0 Å². The van der Waals surface area contributed by atoms with Crippen molar-refractivity contribution in [3.8, 4) is 5.75 Å². The zero-order valence-corrected chi connectivity index (χ0v) is 13.2. The summed E-state index contributed by atoms with van der Waals surface area (Å²) in [5.41, 5.74) is 2.11. The van der Waals surface area contributed by atoms with Gasteiger partial charge in [0.15, 0.2) is 0 Å². The quantitative estimate of drug-likeness (QED) is 0.936. The molecule has 1 N–H and O–H groups in total. The van der Waals surface area contributed by atoms with E-state index in [0.717, 1.165) is 30.0 Å². The van der Waals surface area contributed by atoms with Crippen molar-refractivity contribution in [1.29, 1.82) is 0 Å². The van der Waals surface area contributed by atoms with Crippen molar-refractivity contribution in [2.45, 2.75) is 25.1 Å². The maximum Gasteiger partial charge on any atom is 0.407 e. The van der Waals surface area contributed by atoms with E-state index in [1.54, 1.807) is 11.1 Å². The van der Waals surface area contributed by atoms with Crippen molar-refractivity contribution in [2.24, 2.45) is 0 Å². The number of likely N-dealkylation sites (tertiary alicyclic amines) is 1. The second-order valence-electron chi connectivity index (χ2n) is 6.28. The largest absolute Gasteiger partial charge is 0.487 e. The number of benzene rings is 1. The fourth-order valence-electron chi connectivity index (χ4n) is 3.60. The number of piperazine rings is 1. The molecule has 1 amide bonds. The molecule has 2 atom stereocenters. The second-order valence-corrected chi connectivity index (χ2v) is 6.28. The molecule has 2 fully saturated rings. The monoisotopic (exact) mass is 325 g/mol. The van der Waals surface area contributed by atoms with E-state index in [4.69, 9.17) is 4.74 Å². The van der Waals surface area contributed by atoms with E-state index in [0.29, 0.717) is 13.2 Å². The average molecular weight is 325 g/mol. The molecule has 6 nitrogen and oxygen atoms in total. The number of hydrogen-bond acceptors (Lipinski definition) is 4. The Hall–Kier alpha value is -2.76. The average Bonchev–Trinajstić information content (AvgIpc) is 3.22. The van der Waals surface area contributed by atoms with E-state index < -0.39 is 6.09 Å². The lowest BCUT2D eigenvalue weighted by atomic mass is 10.2. The predicted octanol–water partition coefficient (Wildman–Crippen LogP) is 2.60. The molecule has 0 radical (unpaired) electrons. The molecule has 2 aliphatic rings. The van der Waals surface area contributed by atoms with E-state index in [-0.39, 0.29) is 12.1 Å². The van der Waals surface area contributed by atoms with Gasteiger partial charge in [0.05, 0.1) is 24.1 Å². The van der Waals surface area contributed by atoms with Crippen molar-refractivity contribution in [2.75, 3.05) is 18.0 Å². The smallest absolute Gasteiger partial charge is 0.407 e. The molecule has 2 saturated heterocycles. The Morgan fingerprint density at radius 1 is 1.21 bits per heavy atom. The first-order valence-electron chi connectivity index (χ1n) is 8.08. The van der Waals surface area contributed by atoms with Crippen LogP contribution in [0, 0.1) is 0 Å². The minimum atomic E-state index is -0.819. The fraction of sp³-hybridized carbons (Fsp3) is 0.333. The summed E-state index contributed by atoms with van der Waals surface area (Å²) in [6.07, 6.45) is 3.60. The van der Waals surface area contributed by atoms with Crippen LogP contribution in [0.15, 0.2) is 48.8 Å². The van der Waals surface area contributed by atoms with Crippen molar-refractivity contribution < 1.29 is 14.6 Å². The highest BCUT2D eigenvalue weighted by atomic mass is 16.5. The lowest BCUT2D eigenvalue weighted by Crippen LogP contribution is -2.48. The number of carbonyl (C=O) groups is 1. The van der Waals surface area contributed by atoms with Gasteiger partial charge in [-0.15, -0.1) is 0 Å². The lowest BCUT2D eigenvalue weighted by Gasteiger charge is -2.34. The van der Waals surface area contributed by atoms with Crippen LogP contribution in [-0.2, 0) is 6.61 Å². The molecular weight excluding hydrogens is 306 g/mol. The van der Waals surface area contributed by atoms with Crippen LogP contribution in [0.3, 0.4) is 0 Å². The van der Waals surface area contributed by atoms with Gasteiger partial charge < -0.3 is 19.6 Å². The van der Waals surface area contributed by atoms with Crippen molar-refractivity contribution in [3.05, 3.63) is 54.4 Å². The third-order valence-electron chi connectivity index (χ3n) is 4.76. The van der Waals surface area contributed by atoms with Gasteiger partial charge in [-0.3, -0.25) is 4.98 Å². The first-order valence-corrected chi connectivity index (χ1v) is 8.08. The number of ether oxygens (including phenoxy) is 1. The van der Waals surface area contributed by atoms with Gasteiger partial charge in [0.2, 0.25) is 0 Å². The number of amides is 1. The molecule has 0 aliphatic carbocycles. The van der Waals surface area contributed by atoms with Crippen LogP contribution in [0.4, 0.5) is 10.5 Å². The van der Waals surface area contributed by atoms with E-state index in [1.807, 2.05) is 42.6 Å². The second kappa shape index (κ2) is 6.03. The van der Waals surface area contributed by atoms with Crippen molar-refractivity contribution in [1.82, 2.24) is 9.88 Å². The Morgan fingerprint density at radius 2 is 2.04 bits per heavy atom. The van der Waals surface area contributed by atoms with Crippen LogP contribution >= 0.6 is 0 Å². The highest BCUT2D eigenvalue weighted by Crippen LogP contribution is 2.35. The molecule has 6 heteroatoms. The highest BCUT2D eigenvalue weighted by molar-refractivity contribution is 5.67. The van der Waals surface area contributed by atoms with Crippen molar-refractivity contribution >= 4 is 11.8 Å². The van der Waals surface area contributed by atoms with Crippen LogP contribution < -0.4 is 9.64 Å². The summed E-state index contributed by atoms with van der Waals surface area (Å²) < 4.78 is 5.84. The Kier molecular flexibility index (Phi) is 3.72. The number of anilines is 1. The number of carboxylic acid groups (broad SMARTS) is 1. The molecule has 2 aromatic rings. The third-order valence-corrected chi connectivity index (χ3v) is 4.76. The number of hydrogen-bond donors (Lipinski definition) is 1. The molecule has 1 aromatic carbocycles. The van der Waals surface area contributed by atoms with Crippen LogP contribution in [0.5, 0.6) is 5.75 Å². The zero-order valence-electron chi connectivity index (χ0n) is 13.2. The van der Waals surface area contributed by atoms with E-state index in [1.165, 1.54) is 0 Å². The molecule has 24 heavy (non-hydrogen) atoms. The summed E-state index contributed by atoms with van der Waals surface area (Å²) in [4.78, 5) is 19.3. The van der Waals surface area contributed by atoms with Gasteiger partial charge in [-0.1, -0.05) is 30.3 Å². The van der Waals surface area contributed by atoms with Crippen LogP contribution in [0.25, 0.3) is 0 Å². The minimum Gasteiger partial charge on any atom is -0.487 e. The molecular formula is C18H19N3O3. The van der Waals surface area contributed by atoms with E-state index in [9.17, 15) is 9.90 Å². The normalized spacial score (nSPS) is 22.0. The SMILES string of the molecule is O=C(O)N1C[C@@H]2C[C@H]1CN2c1cncc(OCc2ccccc2)c1. The Labute approximate surface area is 140 Å². The van der Waals surface area contributed by atoms with Gasteiger partial charge in [0.1, 0.15) is 12.4 Å². The molecule has 2 bridgehead atoms. The number of fused-ring (bicyclic) bond motifs is 2. The first-order chi connectivity index (χ1) is 11.7. The predicted molar refractivity (Wildman–Crippen MR) is 89.3 cm³/mol. The molecule has 1 aromatic heterocycles. The number of nitrogens with zero attached hydrogens (tertiary/aromatic N) is 3. The summed E-state index contributed by atoms with van der Waals surface area (Å²) in [6.45, 7) is 1.79. The molecule has 3 heterocycles. The molecule has 4 rings (SSSR count). The lowest BCUT2D eigenvalue weighted by molar-refractivity contribution is 0.137. The Balaban J connectivity index is 1.43. The number of aromatic nitrogens is 1. The fourth-order valence-corrected chi connectivity index (χ4v) is 3.60. The minimum absolute atomic E-state index is 0.0846. The van der Waals surface area contributed by atoms with Gasteiger partial charge >= 0.3 is 6.09 Å². The maximum absolute atomic E-state index is 11.2. The molecule has 2 aliphatic heterocycles. The van der Waals surface area contributed by atoms with Gasteiger partial charge in [-0.05, 0) is 12.0 Å². The van der Waals surface area contributed by atoms with Crippen LogP contribution in [-0.4, -0.2) is 46.3 Å².